The third kappa shape index (κ3) is 3.85. The molecule has 7 rings (SSSR count). The number of benzene rings is 3. The Kier molecular flexibility index (Phi) is 5.73. The van der Waals surface area contributed by atoms with Crippen molar-refractivity contribution in [2.24, 2.45) is 7.05 Å². The molecule has 3 aromatic carbocycles. The molecule has 4 heterocycles. The van der Waals surface area contributed by atoms with Crippen LogP contribution in [0.1, 0.15) is 17.8 Å². The van der Waals surface area contributed by atoms with Crippen LogP contribution in [-0.2, 0) is 18.3 Å². The Balaban J connectivity index is 1.44. The first-order valence-corrected chi connectivity index (χ1v) is 14.9. The number of para-hydroxylation sites is 1. The Bertz CT molecular complexity index is 1860. The van der Waals surface area contributed by atoms with Gasteiger partial charge in [-0.05, 0) is 30.4 Å². The van der Waals surface area contributed by atoms with Crippen molar-refractivity contribution in [1.82, 2.24) is 4.57 Å². The van der Waals surface area contributed by atoms with E-state index < -0.39 is 0 Å². The normalized spacial score (nSPS) is 19.5. The summed E-state index contributed by atoms with van der Waals surface area (Å²) in [5.74, 6) is 0. The second-order valence-corrected chi connectivity index (χ2v) is 12.7. The summed E-state index contributed by atoms with van der Waals surface area (Å²) in [6, 6.07) is 21.2. The molecular weight excluding hydrogens is 519 g/mol. The number of aromatic nitrogens is 2. The van der Waals surface area contributed by atoms with Gasteiger partial charge in [-0.3, -0.25) is 9.36 Å². The summed E-state index contributed by atoms with van der Waals surface area (Å²) in [5.41, 5.74) is 2.45. The van der Waals surface area contributed by atoms with E-state index in [0.717, 1.165) is 38.7 Å². The van der Waals surface area contributed by atoms with Gasteiger partial charge in [0.2, 0.25) is 5.52 Å². The van der Waals surface area contributed by atoms with Crippen LogP contribution in [0.2, 0.25) is 0 Å². The van der Waals surface area contributed by atoms with Gasteiger partial charge in [-0.25, -0.2) is 0 Å². The quantitative estimate of drug-likeness (QED) is 0.315. The SMILES string of the molecule is CN1/C(=c2/s/c(=C/c3sc4ccccc4[n+]3C)n(CC3CCCO3)c2=O)Sc2ccc3ccccc3c21. The van der Waals surface area contributed by atoms with E-state index in [9.17, 15) is 4.79 Å². The number of aryl methyl sites for hydroxylation is 1. The molecule has 5 aromatic rings. The number of thiazole rings is 2. The first-order chi connectivity index (χ1) is 18.1. The van der Waals surface area contributed by atoms with E-state index in [1.165, 1.54) is 31.6 Å². The largest absolute Gasteiger partial charge is 0.376 e. The minimum absolute atomic E-state index is 0.0713. The molecule has 186 valence electrons. The lowest BCUT2D eigenvalue weighted by atomic mass is 10.1. The van der Waals surface area contributed by atoms with Gasteiger partial charge < -0.3 is 9.64 Å². The van der Waals surface area contributed by atoms with E-state index in [4.69, 9.17) is 4.74 Å². The average molecular weight is 545 g/mol. The van der Waals surface area contributed by atoms with Gasteiger partial charge in [0.15, 0.2) is 0 Å². The van der Waals surface area contributed by atoms with Gasteiger partial charge >= 0.3 is 0 Å². The van der Waals surface area contributed by atoms with Gasteiger partial charge in [-0.1, -0.05) is 65.6 Å². The van der Waals surface area contributed by atoms with Gasteiger partial charge in [0, 0.05) is 30.0 Å². The highest BCUT2D eigenvalue weighted by Crippen LogP contribution is 2.48. The molecule has 8 heteroatoms. The molecule has 37 heavy (non-hydrogen) atoms. The van der Waals surface area contributed by atoms with Crippen LogP contribution >= 0.6 is 34.4 Å². The molecule has 1 fully saturated rings. The number of rotatable bonds is 3. The Morgan fingerprint density at radius 3 is 2.76 bits per heavy atom. The predicted octanol–water partition coefficient (Wildman–Crippen LogP) is 4.42. The number of anilines is 1. The monoisotopic (exact) mass is 544 g/mol. The summed E-state index contributed by atoms with van der Waals surface area (Å²) in [6.07, 6.45) is 4.32. The zero-order valence-corrected chi connectivity index (χ0v) is 23.1. The van der Waals surface area contributed by atoms with Crippen molar-refractivity contribution < 1.29 is 9.30 Å². The molecule has 5 nitrogen and oxygen atoms in total. The standard InChI is InChI=1S/C29H26N3O2S3/c1-30-21-11-5-6-12-22(21)35-24(30)16-25-32(17-19-9-7-15-34-19)28(33)27(37-25)29-31(2)26-20-10-4-3-8-18(20)13-14-23(26)36-29/h3-6,8,10-14,16,19H,7,9,15,17H2,1-2H3/q+1/b29-27-. The number of fused-ring (bicyclic) bond motifs is 4. The van der Waals surface area contributed by atoms with Gasteiger partial charge in [-0.15, -0.1) is 11.3 Å². The van der Waals surface area contributed by atoms with E-state index in [1.54, 1.807) is 34.4 Å². The Labute approximate surface area is 226 Å². The zero-order valence-electron chi connectivity index (χ0n) is 20.6. The van der Waals surface area contributed by atoms with Gasteiger partial charge in [0.05, 0.1) is 24.4 Å². The maximum atomic E-state index is 14.0. The molecule has 1 atom stereocenters. The minimum Gasteiger partial charge on any atom is -0.376 e. The highest BCUT2D eigenvalue weighted by atomic mass is 32.2. The van der Waals surface area contributed by atoms with Crippen LogP contribution in [0.5, 0.6) is 0 Å². The first kappa shape index (κ1) is 23.2. The van der Waals surface area contributed by atoms with Crippen LogP contribution in [0.3, 0.4) is 0 Å². The van der Waals surface area contributed by atoms with E-state index in [1.807, 2.05) is 4.57 Å². The average Bonchev–Trinajstić information content (AvgIpc) is 3.68. The lowest BCUT2D eigenvalue weighted by Crippen LogP contribution is -2.37. The molecule has 0 spiro atoms. The highest BCUT2D eigenvalue weighted by molar-refractivity contribution is 8.08. The fraction of sp³-hybridized carbons (Fsp3) is 0.241. The van der Waals surface area contributed by atoms with Crippen LogP contribution in [0.25, 0.3) is 32.1 Å². The minimum atomic E-state index is 0.0713. The molecule has 0 N–H and O–H groups in total. The summed E-state index contributed by atoms with van der Waals surface area (Å²) < 4.78 is 13.1. The number of thioether (sulfide) groups is 1. The van der Waals surface area contributed by atoms with Crippen LogP contribution in [0, 0.1) is 0 Å². The molecule has 0 aliphatic carbocycles. The summed E-state index contributed by atoms with van der Waals surface area (Å²) in [7, 11) is 4.18. The fourth-order valence-electron chi connectivity index (χ4n) is 5.32. The molecule has 0 amide bonds. The molecule has 2 aliphatic rings. The smallest absolute Gasteiger partial charge is 0.271 e. The molecule has 2 aliphatic heterocycles. The van der Waals surface area contributed by atoms with Crippen LogP contribution in [0.15, 0.2) is 70.4 Å². The number of nitrogens with zero attached hydrogens (tertiary/aromatic N) is 3. The molecular formula is C29H26N3O2S3+. The summed E-state index contributed by atoms with van der Waals surface area (Å²) >= 11 is 5.04. The van der Waals surface area contributed by atoms with Crippen molar-refractivity contribution in [3.63, 3.8) is 0 Å². The maximum Gasteiger partial charge on any atom is 0.271 e. The number of hydrogen-bond acceptors (Lipinski definition) is 6. The zero-order chi connectivity index (χ0) is 25.1. The molecule has 0 radical (unpaired) electrons. The second kappa shape index (κ2) is 9.13. The van der Waals surface area contributed by atoms with Crippen molar-refractivity contribution in [3.05, 3.63) is 85.2 Å². The number of ether oxygens (including phenoxy) is 1. The third-order valence-electron chi connectivity index (χ3n) is 7.25. The van der Waals surface area contributed by atoms with Crippen LogP contribution in [0.4, 0.5) is 5.69 Å². The van der Waals surface area contributed by atoms with Gasteiger partial charge in [0.25, 0.3) is 10.6 Å². The van der Waals surface area contributed by atoms with E-state index in [0.29, 0.717) is 6.54 Å². The molecule has 1 saturated heterocycles. The van der Waals surface area contributed by atoms with Crippen molar-refractivity contribution in [3.8, 4) is 0 Å². The predicted molar refractivity (Wildman–Crippen MR) is 155 cm³/mol. The molecule has 2 aromatic heterocycles. The second-order valence-electron chi connectivity index (χ2n) is 9.53. The van der Waals surface area contributed by atoms with Crippen molar-refractivity contribution in [2.45, 2.75) is 30.4 Å². The highest BCUT2D eigenvalue weighted by Gasteiger charge is 2.28. The lowest BCUT2D eigenvalue weighted by molar-refractivity contribution is -0.642. The topological polar surface area (TPSA) is 38.4 Å². The molecule has 0 saturated carbocycles. The van der Waals surface area contributed by atoms with Gasteiger partial charge in [0.1, 0.15) is 26.0 Å². The maximum absolute atomic E-state index is 14.0. The van der Waals surface area contributed by atoms with Gasteiger partial charge in [-0.2, -0.15) is 4.57 Å². The van der Waals surface area contributed by atoms with Crippen molar-refractivity contribution in [1.29, 1.82) is 0 Å². The molecule has 1 unspecified atom stereocenters. The Morgan fingerprint density at radius 1 is 1.08 bits per heavy atom. The molecule has 0 bridgehead atoms. The third-order valence-corrected chi connectivity index (χ3v) is 10.9. The summed E-state index contributed by atoms with van der Waals surface area (Å²) in [6.45, 7) is 1.37. The van der Waals surface area contributed by atoms with E-state index >= 15 is 0 Å². The van der Waals surface area contributed by atoms with Crippen molar-refractivity contribution in [2.75, 3.05) is 18.6 Å². The van der Waals surface area contributed by atoms with E-state index in [-0.39, 0.29) is 11.7 Å². The first-order valence-electron chi connectivity index (χ1n) is 12.5. The fourth-order valence-corrected chi connectivity index (χ4v) is 8.90. The van der Waals surface area contributed by atoms with E-state index in [2.05, 4.69) is 90.3 Å². The number of hydrogen-bond donors (Lipinski definition) is 0. The lowest BCUT2D eigenvalue weighted by Gasteiger charge is -2.15. The van der Waals surface area contributed by atoms with Crippen LogP contribution < -0.4 is 24.2 Å². The Hall–Kier alpha value is -2.91. The van der Waals surface area contributed by atoms with Crippen LogP contribution in [-0.4, -0.2) is 24.3 Å². The Morgan fingerprint density at radius 2 is 1.92 bits per heavy atom. The summed E-state index contributed by atoms with van der Waals surface area (Å²) in [4.78, 5) is 17.4. The van der Waals surface area contributed by atoms with Crippen molar-refractivity contribution >= 4 is 72.2 Å². The summed E-state index contributed by atoms with van der Waals surface area (Å²) in [5, 5.41) is 4.55.